The lowest BCUT2D eigenvalue weighted by molar-refractivity contribution is -0.134. The average Bonchev–Trinajstić information content (AvgIpc) is 2.21. The van der Waals surface area contributed by atoms with Gasteiger partial charge < -0.3 is 14.8 Å². The summed E-state index contributed by atoms with van der Waals surface area (Å²) < 4.78 is 9.48. The number of nitrogens with one attached hydrogen (secondary N) is 1. The number of rotatable bonds is 7. The Morgan fingerprint density at radius 3 is 2.60 bits per heavy atom. The monoisotopic (exact) mass is 215 g/mol. The molecule has 0 aliphatic rings. The molecule has 0 aliphatic carbocycles. The standard InChI is InChI=1S/C11H21NO3/c1-11(2,6-8-14-3)9-12-7-5-10(13)15-4/h5,7,12H,6,8-9H2,1-4H3/b7-5+. The summed E-state index contributed by atoms with van der Waals surface area (Å²) in [4.78, 5) is 10.7. The third-order valence-corrected chi connectivity index (χ3v) is 2.10. The summed E-state index contributed by atoms with van der Waals surface area (Å²) in [5.41, 5.74) is 0.149. The molecular weight excluding hydrogens is 194 g/mol. The van der Waals surface area contributed by atoms with Gasteiger partial charge in [0.25, 0.3) is 0 Å². The predicted octanol–water partition coefficient (Wildman–Crippen LogP) is 1.33. The van der Waals surface area contributed by atoms with Crippen LogP contribution in [0.5, 0.6) is 0 Å². The van der Waals surface area contributed by atoms with Crippen LogP contribution in [0.15, 0.2) is 12.3 Å². The van der Waals surface area contributed by atoms with Crippen molar-refractivity contribution in [1.29, 1.82) is 0 Å². The van der Waals surface area contributed by atoms with Crippen molar-refractivity contribution in [1.82, 2.24) is 5.32 Å². The molecule has 0 heterocycles. The van der Waals surface area contributed by atoms with E-state index in [0.29, 0.717) is 0 Å². The molecule has 0 rings (SSSR count). The molecule has 88 valence electrons. The molecule has 0 aromatic heterocycles. The molecule has 0 radical (unpaired) electrons. The summed E-state index contributed by atoms with van der Waals surface area (Å²) in [6.45, 7) is 5.83. The van der Waals surface area contributed by atoms with Crippen molar-refractivity contribution in [3.05, 3.63) is 12.3 Å². The molecule has 0 saturated carbocycles. The van der Waals surface area contributed by atoms with E-state index in [4.69, 9.17) is 4.74 Å². The van der Waals surface area contributed by atoms with E-state index in [-0.39, 0.29) is 11.4 Å². The number of esters is 1. The van der Waals surface area contributed by atoms with Crippen molar-refractivity contribution >= 4 is 5.97 Å². The lowest BCUT2D eigenvalue weighted by Crippen LogP contribution is -2.27. The van der Waals surface area contributed by atoms with Crippen LogP contribution in [-0.2, 0) is 14.3 Å². The van der Waals surface area contributed by atoms with E-state index in [1.807, 2.05) is 0 Å². The lowest BCUT2D eigenvalue weighted by Gasteiger charge is -2.23. The molecule has 0 unspecified atom stereocenters. The Labute approximate surface area is 91.6 Å². The molecule has 0 spiro atoms. The summed E-state index contributed by atoms with van der Waals surface area (Å²) >= 11 is 0. The maximum absolute atomic E-state index is 10.7. The minimum absolute atomic E-state index is 0.149. The number of carbonyl (C=O) groups excluding carboxylic acids is 1. The van der Waals surface area contributed by atoms with Gasteiger partial charge in [0.1, 0.15) is 0 Å². The topological polar surface area (TPSA) is 47.6 Å². The van der Waals surface area contributed by atoms with Crippen molar-refractivity contribution in [2.45, 2.75) is 20.3 Å². The Bertz CT molecular complexity index is 212. The summed E-state index contributed by atoms with van der Waals surface area (Å²) in [7, 11) is 3.05. The highest BCUT2D eigenvalue weighted by Gasteiger charge is 2.16. The molecule has 0 saturated heterocycles. The van der Waals surface area contributed by atoms with Crippen LogP contribution < -0.4 is 5.32 Å². The second-order valence-electron chi connectivity index (χ2n) is 4.14. The first-order chi connectivity index (χ1) is 7.02. The van der Waals surface area contributed by atoms with E-state index in [1.54, 1.807) is 13.3 Å². The Balaban J connectivity index is 3.73. The molecule has 4 nitrogen and oxygen atoms in total. The molecule has 15 heavy (non-hydrogen) atoms. The number of ether oxygens (including phenoxy) is 2. The highest BCUT2D eigenvalue weighted by atomic mass is 16.5. The first-order valence-electron chi connectivity index (χ1n) is 4.98. The second kappa shape index (κ2) is 7.29. The van der Waals surface area contributed by atoms with Crippen LogP contribution in [0.25, 0.3) is 0 Å². The van der Waals surface area contributed by atoms with Gasteiger partial charge in [-0.3, -0.25) is 0 Å². The SMILES string of the molecule is COCCC(C)(C)CN/C=C/C(=O)OC. The van der Waals surface area contributed by atoms with Gasteiger partial charge in [0.2, 0.25) is 0 Å². The second-order valence-corrected chi connectivity index (χ2v) is 4.14. The minimum Gasteiger partial charge on any atom is -0.466 e. The fourth-order valence-electron chi connectivity index (χ4n) is 0.997. The average molecular weight is 215 g/mol. The third-order valence-electron chi connectivity index (χ3n) is 2.10. The van der Waals surface area contributed by atoms with E-state index in [1.165, 1.54) is 13.2 Å². The quantitative estimate of drug-likeness (QED) is 0.514. The van der Waals surface area contributed by atoms with Gasteiger partial charge in [-0.25, -0.2) is 4.79 Å². The maximum atomic E-state index is 10.7. The largest absolute Gasteiger partial charge is 0.466 e. The molecule has 0 atom stereocenters. The molecule has 0 aromatic carbocycles. The van der Waals surface area contributed by atoms with Crippen LogP contribution >= 0.6 is 0 Å². The van der Waals surface area contributed by atoms with Gasteiger partial charge in [-0.2, -0.15) is 0 Å². The van der Waals surface area contributed by atoms with Crippen LogP contribution in [0.4, 0.5) is 0 Å². The van der Waals surface area contributed by atoms with E-state index in [2.05, 4.69) is 23.9 Å². The van der Waals surface area contributed by atoms with Crippen molar-refractivity contribution in [3.8, 4) is 0 Å². The lowest BCUT2D eigenvalue weighted by atomic mass is 9.90. The molecule has 0 fully saturated rings. The number of hydrogen-bond donors (Lipinski definition) is 1. The van der Waals surface area contributed by atoms with Gasteiger partial charge in [-0.1, -0.05) is 13.8 Å². The molecular formula is C11H21NO3. The Hall–Kier alpha value is -1.03. The molecule has 0 aliphatic heterocycles. The van der Waals surface area contributed by atoms with Crippen LogP contribution in [0.3, 0.4) is 0 Å². The highest BCUT2D eigenvalue weighted by molar-refractivity contribution is 5.81. The number of hydrogen-bond acceptors (Lipinski definition) is 4. The van der Waals surface area contributed by atoms with Crippen molar-refractivity contribution in [2.75, 3.05) is 27.4 Å². The predicted molar refractivity (Wildman–Crippen MR) is 59.4 cm³/mol. The Morgan fingerprint density at radius 2 is 2.07 bits per heavy atom. The third kappa shape index (κ3) is 8.00. The zero-order valence-corrected chi connectivity index (χ0v) is 10.0. The van der Waals surface area contributed by atoms with Gasteiger partial charge in [-0.15, -0.1) is 0 Å². The zero-order chi connectivity index (χ0) is 11.7. The maximum Gasteiger partial charge on any atom is 0.331 e. The first kappa shape index (κ1) is 14.0. The molecule has 0 amide bonds. The Morgan fingerprint density at radius 1 is 1.40 bits per heavy atom. The van der Waals surface area contributed by atoms with Gasteiger partial charge in [0.15, 0.2) is 0 Å². The summed E-state index contributed by atoms with van der Waals surface area (Å²) in [6, 6.07) is 0. The van der Waals surface area contributed by atoms with E-state index in [0.717, 1.165) is 19.6 Å². The van der Waals surface area contributed by atoms with Crippen molar-refractivity contribution in [2.24, 2.45) is 5.41 Å². The Kier molecular flexibility index (Phi) is 6.79. The van der Waals surface area contributed by atoms with E-state index >= 15 is 0 Å². The normalized spacial score (nSPS) is 11.7. The zero-order valence-electron chi connectivity index (χ0n) is 10.0. The van der Waals surface area contributed by atoms with Gasteiger partial charge in [0.05, 0.1) is 7.11 Å². The van der Waals surface area contributed by atoms with Gasteiger partial charge in [0, 0.05) is 32.5 Å². The summed E-state index contributed by atoms with van der Waals surface area (Å²) in [6.07, 6.45) is 3.95. The smallest absolute Gasteiger partial charge is 0.331 e. The van der Waals surface area contributed by atoms with Gasteiger partial charge in [-0.05, 0) is 11.8 Å². The number of carbonyl (C=O) groups is 1. The molecule has 0 aromatic rings. The van der Waals surface area contributed by atoms with Crippen LogP contribution in [0, 0.1) is 5.41 Å². The van der Waals surface area contributed by atoms with Crippen LogP contribution in [0.2, 0.25) is 0 Å². The van der Waals surface area contributed by atoms with Crippen molar-refractivity contribution in [3.63, 3.8) is 0 Å². The molecule has 1 N–H and O–H groups in total. The minimum atomic E-state index is -0.350. The first-order valence-corrected chi connectivity index (χ1v) is 4.98. The fraction of sp³-hybridized carbons (Fsp3) is 0.727. The van der Waals surface area contributed by atoms with Crippen LogP contribution in [-0.4, -0.2) is 33.3 Å². The number of methoxy groups -OCH3 is 2. The highest BCUT2D eigenvalue weighted by Crippen LogP contribution is 2.18. The fourth-order valence-corrected chi connectivity index (χ4v) is 0.997. The van der Waals surface area contributed by atoms with E-state index < -0.39 is 0 Å². The van der Waals surface area contributed by atoms with Crippen molar-refractivity contribution < 1.29 is 14.3 Å². The summed E-state index contributed by atoms with van der Waals surface area (Å²) in [5, 5.41) is 3.06. The molecule has 0 bridgehead atoms. The van der Waals surface area contributed by atoms with E-state index in [9.17, 15) is 4.79 Å². The van der Waals surface area contributed by atoms with Gasteiger partial charge >= 0.3 is 5.97 Å². The van der Waals surface area contributed by atoms with Crippen LogP contribution in [0.1, 0.15) is 20.3 Å². The molecule has 4 heteroatoms. The summed E-state index contributed by atoms with van der Waals surface area (Å²) in [5.74, 6) is -0.350.